The maximum absolute atomic E-state index is 13.6. The van der Waals surface area contributed by atoms with E-state index in [-0.39, 0.29) is 21.6 Å². The van der Waals surface area contributed by atoms with Crippen molar-refractivity contribution < 1.29 is 17.9 Å². The van der Waals surface area contributed by atoms with Crippen molar-refractivity contribution in [1.29, 1.82) is 0 Å². The highest BCUT2D eigenvalue weighted by Gasteiger charge is 2.39. The summed E-state index contributed by atoms with van der Waals surface area (Å²) in [6, 6.07) is 19.7. The van der Waals surface area contributed by atoms with Gasteiger partial charge in [-0.05, 0) is 49.2 Å². The number of carbonyl (C=O) groups excluding carboxylic acids is 1. The van der Waals surface area contributed by atoms with Crippen LogP contribution < -0.4 is 14.4 Å². The predicted octanol–water partition coefficient (Wildman–Crippen LogP) is 6.39. The second kappa shape index (κ2) is 10.7. The Balaban J connectivity index is 1.67. The van der Waals surface area contributed by atoms with Crippen LogP contribution in [0.1, 0.15) is 44.7 Å². The van der Waals surface area contributed by atoms with E-state index >= 15 is 0 Å². The van der Waals surface area contributed by atoms with Gasteiger partial charge in [-0.3, -0.25) is 9.10 Å². The van der Waals surface area contributed by atoms with E-state index in [2.05, 4.69) is 19.2 Å². The topological polar surface area (TPSA) is 75.7 Å². The molecular formula is C27H28Cl2N2O4S. The summed E-state index contributed by atoms with van der Waals surface area (Å²) in [6.07, 6.45) is 2.13. The zero-order valence-corrected chi connectivity index (χ0v) is 22.4. The normalized spacial score (nSPS) is 16.5. The van der Waals surface area contributed by atoms with E-state index in [1.807, 2.05) is 24.3 Å². The van der Waals surface area contributed by atoms with Crippen molar-refractivity contribution >= 4 is 44.8 Å². The van der Waals surface area contributed by atoms with Crippen LogP contribution in [0.25, 0.3) is 0 Å². The number of nitrogens with zero attached hydrogens (tertiary/aromatic N) is 1. The molecule has 9 heteroatoms. The molecule has 0 bridgehead atoms. The molecule has 36 heavy (non-hydrogen) atoms. The van der Waals surface area contributed by atoms with Gasteiger partial charge in [-0.15, -0.1) is 0 Å². The average molecular weight is 548 g/mol. The van der Waals surface area contributed by atoms with Crippen molar-refractivity contribution in [1.82, 2.24) is 5.32 Å². The molecule has 0 aromatic heterocycles. The number of hydrogen-bond acceptors (Lipinski definition) is 4. The maximum Gasteiger partial charge on any atom is 0.264 e. The number of carbonyl (C=O) groups is 1. The van der Waals surface area contributed by atoms with Crippen molar-refractivity contribution in [2.45, 2.75) is 49.6 Å². The van der Waals surface area contributed by atoms with Gasteiger partial charge in [0.2, 0.25) is 5.91 Å². The molecule has 1 aliphatic rings. The lowest BCUT2D eigenvalue weighted by atomic mass is 9.83. The van der Waals surface area contributed by atoms with Crippen molar-refractivity contribution in [2.24, 2.45) is 0 Å². The minimum absolute atomic E-state index is 0.0520. The number of fused-ring (bicyclic) bond motifs is 1. The van der Waals surface area contributed by atoms with Crippen LogP contribution >= 0.6 is 23.2 Å². The molecule has 1 atom stereocenters. The van der Waals surface area contributed by atoms with Crippen LogP contribution in [-0.4, -0.2) is 26.5 Å². The molecule has 1 amide bonds. The second-order valence-electron chi connectivity index (χ2n) is 8.77. The summed E-state index contributed by atoms with van der Waals surface area (Å²) < 4.78 is 34.6. The molecule has 0 radical (unpaired) electrons. The van der Waals surface area contributed by atoms with E-state index in [4.69, 9.17) is 27.9 Å². The zero-order valence-electron chi connectivity index (χ0n) is 20.1. The molecule has 6 nitrogen and oxygen atoms in total. The summed E-state index contributed by atoms with van der Waals surface area (Å²) in [6.45, 7) is 3.67. The Morgan fingerprint density at radius 2 is 1.69 bits per heavy atom. The average Bonchev–Trinajstić information content (AvgIpc) is 2.88. The van der Waals surface area contributed by atoms with Crippen molar-refractivity contribution in [3.05, 3.63) is 88.4 Å². The first-order valence-electron chi connectivity index (χ1n) is 11.8. The molecule has 190 valence electrons. The lowest BCUT2D eigenvalue weighted by Crippen LogP contribution is -2.47. The Morgan fingerprint density at radius 3 is 2.36 bits per heavy atom. The summed E-state index contributed by atoms with van der Waals surface area (Å²) in [5.41, 5.74) is 0.621. The first-order chi connectivity index (χ1) is 17.2. The largest absolute Gasteiger partial charge is 0.487 e. The third kappa shape index (κ3) is 5.33. The minimum atomic E-state index is -4.10. The molecule has 1 N–H and O–H groups in total. The fourth-order valence-corrected chi connectivity index (χ4v) is 6.52. The molecule has 1 aliphatic heterocycles. The smallest absolute Gasteiger partial charge is 0.264 e. The molecule has 0 saturated heterocycles. The van der Waals surface area contributed by atoms with Gasteiger partial charge in [0.15, 0.2) is 0 Å². The number of anilines is 1. The molecule has 0 unspecified atom stereocenters. The summed E-state index contributed by atoms with van der Waals surface area (Å²) in [5, 5.41) is 3.55. The monoisotopic (exact) mass is 546 g/mol. The summed E-state index contributed by atoms with van der Waals surface area (Å²) in [7, 11) is -4.10. The van der Waals surface area contributed by atoms with E-state index < -0.39 is 28.1 Å². The Morgan fingerprint density at radius 1 is 1.03 bits per heavy atom. The van der Waals surface area contributed by atoms with Crippen molar-refractivity contribution in [3.63, 3.8) is 0 Å². The number of rotatable bonds is 8. The second-order valence-corrected chi connectivity index (χ2v) is 11.5. The highest BCUT2D eigenvalue weighted by molar-refractivity contribution is 7.92. The highest BCUT2D eigenvalue weighted by atomic mass is 35.5. The predicted molar refractivity (Wildman–Crippen MR) is 143 cm³/mol. The Kier molecular flexibility index (Phi) is 7.83. The summed E-state index contributed by atoms with van der Waals surface area (Å²) >= 11 is 12.4. The number of benzene rings is 3. The molecule has 4 rings (SSSR count). The molecule has 3 aromatic rings. The van der Waals surface area contributed by atoms with Gasteiger partial charge in [0, 0.05) is 17.0 Å². The molecule has 3 aromatic carbocycles. The van der Waals surface area contributed by atoms with Gasteiger partial charge in [-0.25, -0.2) is 8.42 Å². The Labute approximate surface area is 222 Å². The lowest BCUT2D eigenvalue weighted by Gasteiger charge is -2.41. The number of halogens is 2. The Hall–Kier alpha value is -2.74. The van der Waals surface area contributed by atoms with Gasteiger partial charge < -0.3 is 10.1 Å². The third-order valence-electron chi connectivity index (χ3n) is 6.62. The molecule has 0 aliphatic carbocycles. The fraction of sp³-hybridized carbons (Fsp3) is 0.296. The van der Waals surface area contributed by atoms with Gasteiger partial charge in [0.05, 0.1) is 21.6 Å². The van der Waals surface area contributed by atoms with Crippen LogP contribution in [0.15, 0.2) is 77.7 Å². The number of ether oxygens (including phenoxy) is 1. The van der Waals surface area contributed by atoms with E-state index in [1.54, 1.807) is 24.3 Å². The molecule has 0 saturated carbocycles. The number of amides is 1. The van der Waals surface area contributed by atoms with Gasteiger partial charge in [0.25, 0.3) is 10.0 Å². The van der Waals surface area contributed by atoms with Crippen LogP contribution in [0.3, 0.4) is 0 Å². The van der Waals surface area contributed by atoms with E-state index in [0.717, 1.165) is 28.5 Å². The zero-order chi connectivity index (χ0) is 25.9. The summed E-state index contributed by atoms with van der Waals surface area (Å²) in [4.78, 5) is 13.5. The highest BCUT2D eigenvalue weighted by Crippen LogP contribution is 2.42. The number of nitrogens with one attached hydrogen (secondary N) is 1. The van der Waals surface area contributed by atoms with Gasteiger partial charge in [-0.2, -0.15) is 0 Å². The summed E-state index contributed by atoms with van der Waals surface area (Å²) in [5.74, 6) is 0.274. The van der Waals surface area contributed by atoms with Gasteiger partial charge >= 0.3 is 0 Å². The third-order valence-corrected chi connectivity index (χ3v) is 8.93. The van der Waals surface area contributed by atoms with Crippen LogP contribution in [0.4, 0.5) is 5.69 Å². The van der Waals surface area contributed by atoms with Crippen molar-refractivity contribution in [2.75, 3.05) is 10.8 Å². The van der Waals surface area contributed by atoms with E-state index in [9.17, 15) is 13.2 Å². The van der Waals surface area contributed by atoms with Crippen molar-refractivity contribution in [3.8, 4) is 5.75 Å². The van der Waals surface area contributed by atoms with Crippen LogP contribution in [0, 0.1) is 0 Å². The lowest BCUT2D eigenvalue weighted by molar-refractivity contribution is -0.121. The number of para-hydroxylation sites is 1. The standard InChI is InChI=1S/C27H28Cl2N2O4S/c1-3-27(4-2)17-23(21-12-8-9-13-25(21)35-27)30-26(32)18-31(24-15-14-19(28)16-22(24)29)36(33,34)20-10-6-5-7-11-20/h5-16,23H,3-4,17-18H2,1-2H3,(H,30,32)/t23-/m0/s1. The van der Waals surface area contributed by atoms with Crippen LogP contribution in [0.5, 0.6) is 5.75 Å². The Bertz CT molecular complexity index is 1340. The van der Waals surface area contributed by atoms with Crippen LogP contribution in [-0.2, 0) is 14.8 Å². The van der Waals surface area contributed by atoms with E-state index in [1.165, 1.54) is 24.3 Å². The first-order valence-corrected chi connectivity index (χ1v) is 14.0. The SMILES string of the molecule is CCC1(CC)C[C@H](NC(=O)CN(c2ccc(Cl)cc2Cl)S(=O)(=O)c2ccccc2)c2ccccc2O1. The molecule has 1 heterocycles. The van der Waals surface area contributed by atoms with Gasteiger partial charge in [-0.1, -0.05) is 73.4 Å². The van der Waals surface area contributed by atoms with E-state index in [0.29, 0.717) is 11.4 Å². The maximum atomic E-state index is 13.6. The van der Waals surface area contributed by atoms with Gasteiger partial charge in [0.1, 0.15) is 17.9 Å². The molecule has 0 spiro atoms. The molecule has 0 fully saturated rings. The number of hydrogen-bond donors (Lipinski definition) is 1. The fourth-order valence-electron chi connectivity index (χ4n) is 4.50. The first kappa shape index (κ1) is 26.3. The quantitative estimate of drug-likeness (QED) is 0.355. The molecular weight excluding hydrogens is 519 g/mol. The van der Waals surface area contributed by atoms with Crippen LogP contribution in [0.2, 0.25) is 10.0 Å². The number of sulfonamides is 1. The minimum Gasteiger partial charge on any atom is -0.487 e.